The smallest absolute Gasteiger partial charge is 0.295 e. The summed E-state index contributed by atoms with van der Waals surface area (Å²) in [6.07, 6.45) is 0.662. The van der Waals surface area contributed by atoms with Crippen molar-refractivity contribution in [3.63, 3.8) is 0 Å². The molecule has 1 unspecified atom stereocenters. The molecule has 32 heavy (non-hydrogen) atoms. The minimum atomic E-state index is -0.786. The molecule has 2 aromatic rings. The molecular formula is C25H30N2O5. The van der Waals surface area contributed by atoms with Crippen molar-refractivity contribution in [1.82, 2.24) is 9.80 Å². The summed E-state index contributed by atoms with van der Waals surface area (Å²) in [7, 11) is 5.32. The highest BCUT2D eigenvalue weighted by Crippen LogP contribution is 2.42. The molecule has 1 aliphatic rings. The van der Waals surface area contributed by atoms with Crippen LogP contribution in [0.15, 0.2) is 42.0 Å². The maximum absolute atomic E-state index is 13.1. The molecule has 0 bridgehead atoms. The summed E-state index contributed by atoms with van der Waals surface area (Å²) in [6, 6.07) is 9.52. The van der Waals surface area contributed by atoms with Crippen LogP contribution in [0.3, 0.4) is 0 Å². The lowest BCUT2D eigenvalue weighted by Crippen LogP contribution is -2.32. The van der Waals surface area contributed by atoms with E-state index >= 15 is 0 Å². The van der Waals surface area contributed by atoms with Gasteiger partial charge in [-0.05, 0) is 70.2 Å². The van der Waals surface area contributed by atoms with E-state index in [0.717, 1.165) is 17.7 Å². The highest BCUT2D eigenvalue weighted by atomic mass is 16.5. The number of aliphatic hydroxyl groups is 1. The minimum Gasteiger partial charge on any atom is -0.507 e. The molecule has 2 aromatic carbocycles. The van der Waals surface area contributed by atoms with E-state index in [1.165, 1.54) is 18.1 Å². The molecular weight excluding hydrogens is 408 g/mol. The van der Waals surface area contributed by atoms with Crippen molar-refractivity contribution in [3.8, 4) is 11.5 Å². The molecule has 1 heterocycles. The summed E-state index contributed by atoms with van der Waals surface area (Å²) in [4.78, 5) is 29.6. The maximum atomic E-state index is 13.1. The van der Waals surface area contributed by atoms with Crippen molar-refractivity contribution in [2.75, 3.05) is 34.3 Å². The third kappa shape index (κ3) is 4.48. The molecule has 0 radical (unpaired) electrons. The van der Waals surface area contributed by atoms with Crippen LogP contribution in [0.2, 0.25) is 0 Å². The number of likely N-dealkylation sites (tertiary alicyclic amines) is 1. The highest BCUT2D eigenvalue weighted by Gasteiger charge is 2.46. The van der Waals surface area contributed by atoms with Gasteiger partial charge in [-0.1, -0.05) is 23.8 Å². The first-order valence-electron chi connectivity index (χ1n) is 10.5. The number of phenolic OH excluding ortho intramolecular Hbond substituents is 1. The second-order valence-electron chi connectivity index (χ2n) is 8.40. The van der Waals surface area contributed by atoms with E-state index < -0.39 is 17.7 Å². The number of rotatable bonds is 7. The summed E-state index contributed by atoms with van der Waals surface area (Å²) >= 11 is 0. The number of ketones is 1. The van der Waals surface area contributed by atoms with Crippen LogP contribution in [0.5, 0.6) is 11.5 Å². The first kappa shape index (κ1) is 23.3. The average molecular weight is 439 g/mol. The number of aliphatic hydroxyl groups excluding tert-OH is 1. The number of ether oxygens (including phenoxy) is 1. The van der Waals surface area contributed by atoms with Gasteiger partial charge in [0.05, 0.1) is 18.7 Å². The molecule has 1 atom stereocenters. The molecule has 0 saturated carbocycles. The molecule has 0 aromatic heterocycles. The zero-order valence-corrected chi connectivity index (χ0v) is 19.2. The van der Waals surface area contributed by atoms with Crippen LogP contribution in [0.4, 0.5) is 0 Å². The number of hydrogen-bond donors (Lipinski definition) is 2. The number of benzene rings is 2. The van der Waals surface area contributed by atoms with Gasteiger partial charge in [0.2, 0.25) is 0 Å². The number of phenols is 1. The summed E-state index contributed by atoms with van der Waals surface area (Å²) in [5.41, 5.74) is 2.87. The number of Topliss-reactive ketones (excluding diaryl/α,β-unsaturated/α-hetero) is 1. The van der Waals surface area contributed by atoms with Crippen LogP contribution in [0.1, 0.15) is 34.7 Å². The first-order chi connectivity index (χ1) is 15.1. The highest BCUT2D eigenvalue weighted by molar-refractivity contribution is 6.46. The molecule has 1 saturated heterocycles. The van der Waals surface area contributed by atoms with E-state index in [4.69, 9.17) is 4.74 Å². The van der Waals surface area contributed by atoms with Crippen molar-refractivity contribution < 1.29 is 24.5 Å². The van der Waals surface area contributed by atoms with Crippen molar-refractivity contribution in [1.29, 1.82) is 0 Å². The fourth-order valence-corrected chi connectivity index (χ4v) is 4.01. The molecule has 170 valence electrons. The van der Waals surface area contributed by atoms with E-state index in [1.54, 1.807) is 18.2 Å². The molecule has 7 nitrogen and oxygen atoms in total. The number of carbonyl (C=O) groups is 2. The van der Waals surface area contributed by atoms with Crippen molar-refractivity contribution in [3.05, 3.63) is 64.2 Å². The van der Waals surface area contributed by atoms with E-state index in [1.807, 2.05) is 45.0 Å². The van der Waals surface area contributed by atoms with Gasteiger partial charge in [0.1, 0.15) is 5.76 Å². The number of nitrogens with zero attached hydrogens (tertiary/aromatic N) is 2. The molecule has 0 aliphatic carbocycles. The third-order valence-corrected chi connectivity index (χ3v) is 5.71. The van der Waals surface area contributed by atoms with E-state index in [-0.39, 0.29) is 22.8 Å². The van der Waals surface area contributed by atoms with Gasteiger partial charge in [-0.2, -0.15) is 0 Å². The predicted octanol–water partition coefficient (Wildman–Crippen LogP) is 3.39. The summed E-state index contributed by atoms with van der Waals surface area (Å²) in [6.45, 7) is 4.84. The van der Waals surface area contributed by atoms with Gasteiger partial charge >= 0.3 is 0 Å². The second kappa shape index (κ2) is 9.44. The van der Waals surface area contributed by atoms with Gasteiger partial charge < -0.3 is 24.7 Å². The molecule has 3 rings (SSSR count). The van der Waals surface area contributed by atoms with Gasteiger partial charge in [0.15, 0.2) is 11.5 Å². The lowest BCUT2D eigenvalue weighted by molar-refractivity contribution is -0.139. The van der Waals surface area contributed by atoms with Gasteiger partial charge in [-0.25, -0.2) is 0 Å². The molecule has 7 heteroatoms. The second-order valence-corrected chi connectivity index (χ2v) is 8.40. The van der Waals surface area contributed by atoms with Crippen LogP contribution in [-0.2, 0) is 9.59 Å². The van der Waals surface area contributed by atoms with Crippen molar-refractivity contribution in [2.45, 2.75) is 26.3 Å². The lowest BCUT2D eigenvalue weighted by Gasteiger charge is -2.26. The average Bonchev–Trinajstić information content (AvgIpc) is 3.00. The molecule has 1 aliphatic heterocycles. The van der Waals surface area contributed by atoms with Crippen molar-refractivity contribution in [2.24, 2.45) is 0 Å². The van der Waals surface area contributed by atoms with E-state index in [2.05, 4.69) is 0 Å². The maximum Gasteiger partial charge on any atom is 0.295 e. The number of hydrogen-bond acceptors (Lipinski definition) is 6. The number of amides is 1. The van der Waals surface area contributed by atoms with Gasteiger partial charge in [0, 0.05) is 12.1 Å². The fourth-order valence-electron chi connectivity index (χ4n) is 4.01. The Morgan fingerprint density at radius 1 is 1.12 bits per heavy atom. The standard InChI is InChI=1S/C25H30N2O5/c1-15-7-8-16(2)18(13-15)23(29)21-22(17-9-10-19(28)20(14-17)32-5)27(25(31)24(21)30)12-6-11-26(3)4/h7-10,13-14,22,28-29H,6,11-12H2,1-5H3. The Labute approximate surface area is 188 Å². The van der Waals surface area contributed by atoms with Crippen LogP contribution in [-0.4, -0.2) is 66.0 Å². The third-order valence-electron chi connectivity index (χ3n) is 5.71. The van der Waals surface area contributed by atoms with Gasteiger partial charge in [-0.3, -0.25) is 9.59 Å². The van der Waals surface area contributed by atoms with Crippen LogP contribution < -0.4 is 4.74 Å². The Bertz CT molecular complexity index is 1070. The summed E-state index contributed by atoms with van der Waals surface area (Å²) in [5.74, 6) is -1.38. The Balaban J connectivity index is 2.18. The Kier molecular flexibility index (Phi) is 6.89. The normalized spacial score (nSPS) is 17.9. The van der Waals surface area contributed by atoms with Gasteiger partial charge in [0.25, 0.3) is 11.7 Å². The Hall–Kier alpha value is -3.32. The Morgan fingerprint density at radius 3 is 2.50 bits per heavy atom. The summed E-state index contributed by atoms with van der Waals surface area (Å²) in [5, 5.41) is 21.3. The van der Waals surface area contributed by atoms with Crippen LogP contribution >= 0.6 is 0 Å². The zero-order valence-electron chi connectivity index (χ0n) is 19.2. The van der Waals surface area contributed by atoms with E-state index in [9.17, 15) is 19.8 Å². The van der Waals surface area contributed by atoms with Crippen LogP contribution in [0.25, 0.3) is 5.76 Å². The molecule has 0 spiro atoms. The summed E-state index contributed by atoms with van der Waals surface area (Å²) < 4.78 is 5.24. The van der Waals surface area contributed by atoms with Crippen molar-refractivity contribution >= 4 is 17.4 Å². The quantitative estimate of drug-likeness (QED) is 0.391. The first-order valence-corrected chi connectivity index (χ1v) is 10.5. The minimum absolute atomic E-state index is 0.0429. The lowest BCUT2D eigenvalue weighted by atomic mass is 9.93. The van der Waals surface area contributed by atoms with Crippen LogP contribution in [0, 0.1) is 13.8 Å². The van der Waals surface area contributed by atoms with Gasteiger partial charge in [-0.15, -0.1) is 0 Å². The largest absolute Gasteiger partial charge is 0.507 e. The Morgan fingerprint density at radius 2 is 1.84 bits per heavy atom. The number of carbonyl (C=O) groups excluding carboxylic acids is 2. The van der Waals surface area contributed by atoms with E-state index in [0.29, 0.717) is 24.1 Å². The molecule has 2 N–H and O–H groups in total. The topological polar surface area (TPSA) is 90.3 Å². The number of aromatic hydroxyl groups is 1. The monoisotopic (exact) mass is 438 g/mol. The number of methoxy groups -OCH3 is 1. The molecule has 1 amide bonds. The number of aryl methyl sites for hydroxylation is 2. The fraction of sp³-hybridized carbons (Fsp3) is 0.360. The predicted molar refractivity (Wildman–Crippen MR) is 123 cm³/mol. The SMILES string of the molecule is COc1cc(C2C(=C(O)c3cc(C)ccc3C)C(=O)C(=O)N2CCCN(C)C)ccc1O. The molecule has 1 fully saturated rings. The zero-order chi connectivity index (χ0) is 23.6.